The van der Waals surface area contributed by atoms with E-state index in [9.17, 15) is 9.59 Å². The van der Waals surface area contributed by atoms with Gasteiger partial charge in [0.05, 0.1) is 12.6 Å². The van der Waals surface area contributed by atoms with E-state index in [-0.39, 0.29) is 25.4 Å². The average Bonchev–Trinajstić information content (AvgIpc) is 2.66. The van der Waals surface area contributed by atoms with Crippen LogP contribution < -0.4 is 0 Å². The fourth-order valence-electron chi connectivity index (χ4n) is 0.964. The minimum Gasteiger partial charge on any atom is -0.481 e. The van der Waals surface area contributed by atoms with Gasteiger partial charge < -0.3 is 10.0 Å². The third-order valence-corrected chi connectivity index (χ3v) is 1.86. The molecule has 0 radical (unpaired) electrons. The number of amides is 1. The molecular formula is C8H12N4O3. The number of carboxylic acid groups (broad SMARTS) is 1. The monoisotopic (exact) mass is 212 g/mol. The van der Waals surface area contributed by atoms with Gasteiger partial charge in [0.2, 0.25) is 5.91 Å². The van der Waals surface area contributed by atoms with Crippen LogP contribution in [0.4, 0.5) is 0 Å². The van der Waals surface area contributed by atoms with Gasteiger partial charge in [-0.3, -0.25) is 9.59 Å². The molecule has 1 aromatic heterocycles. The standard InChI is InChI=1S/C8H12N4O3/c1-11(4-2-8(14)15)7(13)6-12-5-3-9-10-12/h3,5H,2,4,6H2,1H3,(H,14,15). The van der Waals surface area contributed by atoms with Gasteiger partial charge in [-0.15, -0.1) is 5.10 Å². The van der Waals surface area contributed by atoms with E-state index in [0.29, 0.717) is 0 Å². The summed E-state index contributed by atoms with van der Waals surface area (Å²) in [5, 5.41) is 15.6. The molecule has 0 fully saturated rings. The van der Waals surface area contributed by atoms with E-state index in [0.717, 1.165) is 0 Å². The second kappa shape index (κ2) is 5.08. The van der Waals surface area contributed by atoms with Crippen LogP contribution >= 0.6 is 0 Å². The summed E-state index contributed by atoms with van der Waals surface area (Å²) in [6.45, 7) is 0.277. The van der Waals surface area contributed by atoms with Crippen molar-refractivity contribution >= 4 is 11.9 Å². The van der Waals surface area contributed by atoms with Crippen LogP contribution in [-0.2, 0) is 16.1 Å². The first-order chi connectivity index (χ1) is 7.09. The van der Waals surface area contributed by atoms with E-state index in [1.807, 2.05) is 0 Å². The number of aliphatic carboxylic acids is 1. The smallest absolute Gasteiger partial charge is 0.305 e. The molecule has 0 atom stereocenters. The molecule has 82 valence electrons. The van der Waals surface area contributed by atoms with Gasteiger partial charge >= 0.3 is 5.97 Å². The molecule has 0 spiro atoms. The molecule has 1 heterocycles. The number of carboxylic acids is 1. The third-order valence-electron chi connectivity index (χ3n) is 1.86. The number of hydrogen-bond acceptors (Lipinski definition) is 4. The van der Waals surface area contributed by atoms with E-state index < -0.39 is 5.97 Å². The van der Waals surface area contributed by atoms with E-state index in [2.05, 4.69) is 10.3 Å². The van der Waals surface area contributed by atoms with Crippen molar-refractivity contribution in [2.75, 3.05) is 13.6 Å². The topological polar surface area (TPSA) is 88.3 Å². The number of nitrogens with zero attached hydrogens (tertiary/aromatic N) is 4. The van der Waals surface area contributed by atoms with Crippen LogP contribution in [0.3, 0.4) is 0 Å². The molecule has 7 nitrogen and oxygen atoms in total. The predicted molar refractivity (Wildman–Crippen MR) is 49.9 cm³/mol. The van der Waals surface area contributed by atoms with Crippen molar-refractivity contribution < 1.29 is 14.7 Å². The Hall–Kier alpha value is -1.92. The van der Waals surface area contributed by atoms with E-state index in [1.54, 1.807) is 13.2 Å². The van der Waals surface area contributed by atoms with Crippen molar-refractivity contribution in [2.24, 2.45) is 0 Å². The van der Waals surface area contributed by atoms with Gasteiger partial charge in [-0.2, -0.15) is 0 Å². The van der Waals surface area contributed by atoms with Crippen LogP contribution in [0.15, 0.2) is 12.4 Å². The van der Waals surface area contributed by atoms with Crippen molar-refractivity contribution in [1.82, 2.24) is 19.9 Å². The second-order valence-electron chi connectivity index (χ2n) is 3.06. The van der Waals surface area contributed by atoms with E-state index in [4.69, 9.17) is 5.11 Å². The normalized spacial score (nSPS) is 9.93. The molecule has 0 saturated heterocycles. The van der Waals surface area contributed by atoms with Gasteiger partial charge in [0.25, 0.3) is 0 Å². The van der Waals surface area contributed by atoms with Crippen LogP contribution in [0.2, 0.25) is 0 Å². The minimum absolute atomic E-state index is 0.0560. The lowest BCUT2D eigenvalue weighted by atomic mass is 10.4. The highest BCUT2D eigenvalue weighted by molar-refractivity contribution is 5.76. The summed E-state index contributed by atoms with van der Waals surface area (Å²) in [5.41, 5.74) is 0. The minimum atomic E-state index is -0.921. The Kier molecular flexibility index (Phi) is 3.78. The molecule has 0 aliphatic heterocycles. The number of likely N-dealkylation sites (N-methyl/N-ethyl adjacent to an activating group) is 1. The first-order valence-electron chi connectivity index (χ1n) is 4.39. The second-order valence-corrected chi connectivity index (χ2v) is 3.06. The molecule has 0 saturated carbocycles. The Morgan fingerprint density at radius 3 is 2.80 bits per heavy atom. The van der Waals surface area contributed by atoms with Crippen LogP contribution in [0.1, 0.15) is 6.42 Å². The molecule has 0 aliphatic carbocycles. The summed E-state index contributed by atoms with van der Waals surface area (Å²) >= 11 is 0. The van der Waals surface area contributed by atoms with Crippen LogP contribution in [0.25, 0.3) is 0 Å². The Morgan fingerprint density at radius 2 is 2.27 bits per heavy atom. The van der Waals surface area contributed by atoms with Gasteiger partial charge in [-0.1, -0.05) is 5.21 Å². The number of carbonyl (C=O) groups is 2. The van der Waals surface area contributed by atoms with Gasteiger partial charge in [0, 0.05) is 19.8 Å². The molecule has 0 bridgehead atoms. The highest BCUT2D eigenvalue weighted by Gasteiger charge is 2.10. The summed E-state index contributed by atoms with van der Waals surface area (Å²) in [4.78, 5) is 23.1. The summed E-state index contributed by atoms with van der Waals surface area (Å²) in [7, 11) is 1.56. The number of rotatable bonds is 5. The van der Waals surface area contributed by atoms with Crippen molar-refractivity contribution in [3.05, 3.63) is 12.4 Å². The zero-order chi connectivity index (χ0) is 11.3. The third kappa shape index (κ3) is 3.75. The SMILES string of the molecule is CN(CCC(=O)O)C(=O)Cn1ccnn1. The lowest BCUT2D eigenvalue weighted by Gasteiger charge is -2.15. The number of aromatic nitrogens is 3. The van der Waals surface area contributed by atoms with Crippen molar-refractivity contribution in [3.8, 4) is 0 Å². The van der Waals surface area contributed by atoms with Gasteiger partial charge in [-0.05, 0) is 0 Å². The lowest BCUT2D eigenvalue weighted by Crippen LogP contribution is -2.32. The maximum Gasteiger partial charge on any atom is 0.305 e. The maximum absolute atomic E-state index is 11.5. The summed E-state index contributed by atoms with van der Waals surface area (Å²) in [5.74, 6) is -1.11. The van der Waals surface area contributed by atoms with Crippen molar-refractivity contribution in [3.63, 3.8) is 0 Å². The molecule has 0 aromatic carbocycles. The zero-order valence-corrected chi connectivity index (χ0v) is 8.33. The molecule has 7 heteroatoms. The highest BCUT2D eigenvalue weighted by atomic mass is 16.4. The van der Waals surface area contributed by atoms with Crippen LogP contribution in [0.5, 0.6) is 0 Å². The number of hydrogen-bond donors (Lipinski definition) is 1. The molecule has 15 heavy (non-hydrogen) atoms. The number of carbonyl (C=O) groups excluding carboxylic acids is 1. The molecule has 1 aromatic rings. The average molecular weight is 212 g/mol. The first-order valence-corrected chi connectivity index (χ1v) is 4.39. The highest BCUT2D eigenvalue weighted by Crippen LogP contribution is 1.92. The Bertz CT molecular complexity index is 336. The largest absolute Gasteiger partial charge is 0.481 e. The zero-order valence-electron chi connectivity index (χ0n) is 8.33. The van der Waals surface area contributed by atoms with Crippen molar-refractivity contribution in [2.45, 2.75) is 13.0 Å². The molecule has 1 rings (SSSR count). The van der Waals surface area contributed by atoms with E-state index >= 15 is 0 Å². The molecule has 0 aliphatic rings. The van der Waals surface area contributed by atoms with Crippen LogP contribution in [0, 0.1) is 0 Å². The Morgan fingerprint density at radius 1 is 1.53 bits per heavy atom. The first kappa shape index (κ1) is 11.2. The Balaban J connectivity index is 2.36. The summed E-state index contributed by atoms with van der Waals surface area (Å²) in [6, 6.07) is 0. The molecular weight excluding hydrogens is 200 g/mol. The van der Waals surface area contributed by atoms with Gasteiger partial charge in [0.1, 0.15) is 6.54 Å². The van der Waals surface area contributed by atoms with Gasteiger partial charge in [0.15, 0.2) is 0 Å². The summed E-state index contributed by atoms with van der Waals surface area (Å²) < 4.78 is 1.39. The lowest BCUT2D eigenvalue weighted by molar-refractivity contribution is -0.138. The van der Waals surface area contributed by atoms with Crippen molar-refractivity contribution in [1.29, 1.82) is 0 Å². The van der Waals surface area contributed by atoms with Crippen LogP contribution in [-0.4, -0.2) is 50.5 Å². The fourth-order valence-corrected chi connectivity index (χ4v) is 0.964. The molecule has 0 unspecified atom stereocenters. The Labute approximate surface area is 86.3 Å². The predicted octanol–water partition coefficient (Wildman–Crippen LogP) is -0.789. The van der Waals surface area contributed by atoms with Gasteiger partial charge in [-0.25, -0.2) is 4.68 Å². The molecule has 1 N–H and O–H groups in total. The maximum atomic E-state index is 11.5. The fraction of sp³-hybridized carbons (Fsp3) is 0.500. The van der Waals surface area contributed by atoms with E-state index in [1.165, 1.54) is 15.8 Å². The quantitative estimate of drug-likeness (QED) is 0.691. The summed E-state index contributed by atoms with van der Waals surface area (Å²) in [6.07, 6.45) is 2.99. The molecule has 1 amide bonds.